The molecular weight excluding hydrogens is 146 g/mol. The fourth-order valence-corrected chi connectivity index (χ4v) is 2.14. The second-order valence-corrected chi connectivity index (χ2v) is 3.81. The van der Waals surface area contributed by atoms with Crippen LogP contribution in [-0.4, -0.2) is 4.57 Å². The third-order valence-corrected chi connectivity index (χ3v) is 2.91. The molecule has 1 aliphatic rings. The van der Waals surface area contributed by atoms with Crippen molar-refractivity contribution in [1.29, 1.82) is 0 Å². The van der Waals surface area contributed by atoms with E-state index in [1.165, 1.54) is 38.5 Å². The number of fused-ring (bicyclic) bond motifs is 1. The maximum absolute atomic E-state index is 2.29. The van der Waals surface area contributed by atoms with Gasteiger partial charge < -0.3 is 4.57 Å². The van der Waals surface area contributed by atoms with Crippen LogP contribution >= 0.6 is 0 Å². The van der Waals surface area contributed by atoms with E-state index in [1.54, 1.807) is 11.3 Å². The fourth-order valence-electron chi connectivity index (χ4n) is 2.14. The number of hydrogen-bond donors (Lipinski definition) is 0. The maximum atomic E-state index is 2.29. The van der Waals surface area contributed by atoms with Crippen molar-refractivity contribution in [3.05, 3.63) is 23.5 Å². The molecule has 1 aromatic heterocycles. The predicted octanol–water partition coefficient (Wildman–Crippen LogP) is 2.68. The van der Waals surface area contributed by atoms with Gasteiger partial charge in [0.05, 0.1) is 0 Å². The zero-order valence-electron chi connectivity index (χ0n) is 7.84. The van der Waals surface area contributed by atoms with Gasteiger partial charge in [0.2, 0.25) is 0 Å². The molecule has 0 saturated heterocycles. The van der Waals surface area contributed by atoms with E-state index in [2.05, 4.69) is 23.9 Å². The second-order valence-electron chi connectivity index (χ2n) is 3.81. The van der Waals surface area contributed by atoms with E-state index in [0.717, 1.165) is 0 Å². The highest BCUT2D eigenvalue weighted by atomic mass is 14.9. The Morgan fingerprint density at radius 2 is 1.83 bits per heavy atom. The maximum Gasteiger partial charge on any atom is 0.0203 e. The van der Waals surface area contributed by atoms with Gasteiger partial charge in [-0.1, -0.05) is 12.8 Å². The van der Waals surface area contributed by atoms with Gasteiger partial charge in [0.25, 0.3) is 0 Å². The van der Waals surface area contributed by atoms with Crippen molar-refractivity contribution < 1.29 is 0 Å². The van der Waals surface area contributed by atoms with Crippen LogP contribution in [0.5, 0.6) is 0 Å². The first-order valence-electron chi connectivity index (χ1n) is 5.01. The van der Waals surface area contributed by atoms with Gasteiger partial charge in [0.15, 0.2) is 0 Å². The first-order valence-corrected chi connectivity index (χ1v) is 5.01. The Morgan fingerprint density at radius 3 is 2.67 bits per heavy atom. The average Bonchev–Trinajstić information content (AvgIpc) is 2.31. The van der Waals surface area contributed by atoms with E-state index in [1.807, 2.05) is 0 Å². The molecule has 0 unspecified atom stereocenters. The Labute approximate surface area is 74.4 Å². The summed E-state index contributed by atoms with van der Waals surface area (Å²) in [6.07, 6.45) is 10.4. The van der Waals surface area contributed by atoms with Gasteiger partial charge in [-0.15, -0.1) is 0 Å². The quantitative estimate of drug-likeness (QED) is 0.554. The van der Waals surface area contributed by atoms with Crippen LogP contribution in [0.1, 0.15) is 36.9 Å². The highest BCUT2D eigenvalue weighted by Gasteiger charge is 2.08. The lowest BCUT2D eigenvalue weighted by atomic mass is 9.99. The summed E-state index contributed by atoms with van der Waals surface area (Å²) in [7, 11) is 2.17. The summed E-state index contributed by atoms with van der Waals surface area (Å²) in [6, 6.07) is 2.29. The fraction of sp³-hybridized carbons (Fsp3) is 0.636. The van der Waals surface area contributed by atoms with Crippen molar-refractivity contribution in [2.75, 3.05) is 0 Å². The van der Waals surface area contributed by atoms with Crippen molar-refractivity contribution in [3.63, 3.8) is 0 Å². The molecule has 1 aromatic rings. The van der Waals surface area contributed by atoms with Crippen LogP contribution in [0.3, 0.4) is 0 Å². The van der Waals surface area contributed by atoms with Crippen LogP contribution in [0.4, 0.5) is 0 Å². The predicted molar refractivity (Wildman–Crippen MR) is 51.3 cm³/mol. The number of hydrogen-bond acceptors (Lipinski definition) is 0. The van der Waals surface area contributed by atoms with Gasteiger partial charge in [-0.2, -0.15) is 0 Å². The SMILES string of the molecule is Cn1ccc2c1CCCCCC2. The topological polar surface area (TPSA) is 4.93 Å². The first-order chi connectivity index (χ1) is 5.88. The minimum atomic E-state index is 1.29. The van der Waals surface area contributed by atoms with Gasteiger partial charge >= 0.3 is 0 Å². The van der Waals surface area contributed by atoms with E-state index in [-0.39, 0.29) is 0 Å². The Morgan fingerprint density at radius 1 is 1.08 bits per heavy atom. The molecule has 1 nitrogen and oxygen atoms in total. The molecule has 0 amide bonds. The van der Waals surface area contributed by atoms with Gasteiger partial charge in [-0.25, -0.2) is 0 Å². The lowest BCUT2D eigenvalue weighted by Gasteiger charge is -2.11. The Hall–Kier alpha value is -0.720. The molecule has 2 rings (SSSR count). The Balaban J connectivity index is 2.26. The lowest BCUT2D eigenvalue weighted by molar-refractivity contribution is 0.600. The monoisotopic (exact) mass is 163 g/mol. The summed E-state index contributed by atoms with van der Waals surface area (Å²) >= 11 is 0. The van der Waals surface area contributed by atoms with E-state index >= 15 is 0 Å². The van der Waals surface area contributed by atoms with Crippen molar-refractivity contribution >= 4 is 0 Å². The van der Waals surface area contributed by atoms with Crippen LogP contribution in [-0.2, 0) is 19.9 Å². The van der Waals surface area contributed by atoms with Crippen LogP contribution in [0.15, 0.2) is 12.3 Å². The van der Waals surface area contributed by atoms with E-state index in [0.29, 0.717) is 0 Å². The molecule has 1 aliphatic carbocycles. The molecular formula is C11H17N. The first kappa shape index (κ1) is 7.90. The molecule has 1 heteroatoms. The van der Waals surface area contributed by atoms with E-state index in [4.69, 9.17) is 0 Å². The highest BCUT2D eigenvalue weighted by Crippen LogP contribution is 2.20. The number of aryl methyl sites for hydroxylation is 2. The third-order valence-electron chi connectivity index (χ3n) is 2.91. The lowest BCUT2D eigenvalue weighted by Crippen LogP contribution is -2.02. The zero-order chi connectivity index (χ0) is 8.39. The summed E-state index contributed by atoms with van der Waals surface area (Å²) in [5.74, 6) is 0. The van der Waals surface area contributed by atoms with Crippen LogP contribution in [0, 0.1) is 0 Å². The minimum absolute atomic E-state index is 1.29. The molecule has 0 atom stereocenters. The molecule has 0 spiro atoms. The third kappa shape index (κ3) is 1.40. The van der Waals surface area contributed by atoms with Gasteiger partial charge in [0.1, 0.15) is 0 Å². The van der Waals surface area contributed by atoms with Gasteiger partial charge in [-0.05, 0) is 37.3 Å². The number of nitrogens with zero attached hydrogens (tertiary/aromatic N) is 1. The second kappa shape index (κ2) is 3.34. The Bertz CT molecular complexity index is 260. The van der Waals surface area contributed by atoms with Crippen molar-refractivity contribution in [2.45, 2.75) is 38.5 Å². The molecule has 0 aromatic carbocycles. The average molecular weight is 163 g/mol. The summed E-state index contributed by atoms with van der Waals surface area (Å²) in [5, 5.41) is 0. The summed E-state index contributed by atoms with van der Waals surface area (Å²) in [5.41, 5.74) is 3.17. The van der Waals surface area contributed by atoms with E-state index < -0.39 is 0 Å². The summed E-state index contributed by atoms with van der Waals surface area (Å²) in [4.78, 5) is 0. The highest BCUT2D eigenvalue weighted by molar-refractivity contribution is 5.22. The van der Waals surface area contributed by atoms with Gasteiger partial charge in [0, 0.05) is 18.9 Å². The summed E-state index contributed by atoms with van der Waals surface area (Å²) < 4.78 is 2.29. The standard InChI is InChI=1S/C11H17N/c1-12-9-8-10-6-4-2-3-5-7-11(10)12/h8-9H,2-7H2,1H3. The molecule has 0 radical (unpaired) electrons. The molecule has 0 fully saturated rings. The van der Waals surface area contributed by atoms with Gasteiger partial charge in [-0.3, -0.25) is 0 Å². The van der Waals surface area contributed by atoms with Crippen LogP contribution in [0.2, 0.25) is 0 Å². The summed E-state index contributed by atoms with van der Waals surface area (Å²) in [6.45, 7) is 0. The normalized spacial score (nSPS) is 18.1. The van der Waals surface area contributed by atoms with Crippen LogP contribution in [0.25, 0.3) is 0 Å². The largest absolute Gasteiger partial charge is 0.354 e. The molecule has 66 valence electrons. The van der Waals surface area contributed by atoms with Crippen molar-refractivity contribution in [3.8, 4) is 0 Å². The molecule has 0 saturated carbocycles. The zero-order valence-corrected chi connectivity index (χ0v) is 7.84. The number of rotatable bonds is 0. The van der Waals surface area contributed by atoms with E-state index in [9.17, 15) is 0 Å². The number of aromatic nitrogens is 1. The Kier molecular flexibility index (Phi) is 2.20. The molecule has 0 N–H and O–H groups in total. The molecule has 1 heterocycles. The smallest absolute Gasteiger partial charge is 0.0203 e. The van der Waals surface area contributed by atoms with Crippen molar-refractivity contribution in [1.82, 2.24) is 4.57 Å². The van der Waals surface area contributed by atoms with Crippen LogP contribution < -0.4 is 0 Å². The molecule has 0 bridgehead atoms. The minimum Gasteiger partial charge on any atom is -0.354 e. The molecule has 0 aliphatic heterocycles. The molecule has 12 heavy (non-hydrogen) atoms. The van der Waals surface area contributed by atoms with Crippen molar-refractivity contribution in [2.24, 2.45) is 7.05 Å².